The zero-order valence-electron chi connectivity index (χ0n) is 17.5. The Morgan fingerprint density at radius 1 is 1.34 bits per heavy atom. The summed E-state index contributed by atoms with van der Waals surface area (Å²) in [6, 6.07) is 1.30. The number of hydrogen-bond donors (Lipinski definition) is 4. The maximum atomic E-state index is 13.2. The number of aldehydes is 1. The van der Waals surface area contributed by atoms with E-state index >= 15 is 0 Å². The number of hydrogen-bond acceptors (Lipinski definition) is 6. The zero-order chi connectivity index (χ0) is 24.0. The highest BCUT2D eigenvalue weighted by Gasteiger charge is 2.38. The highest BCUT2D eigenvalue weighted by molar-refractivity contribution is 6.34. The monoisotopic (exact) mass is 464 g/mol. The average Bonchev–Trinajstić information content (AvgIpc) is 3.20. The Morgan fingerprint density at radius 3 is 2.59 bits per heavy atom. The number of aliphatic carboxylic acids is 1. The van der Waals surface area contributed by atoms with Crippen molar-refractivity contribution in [3.05, 3.63) is 40.9 Å². The molecular weight excluding hydrogens is 440 g/mol. The van der Waals surface area contributed by atoms with Gasteiger partial charge in [-0.2, -0.15) is 0 Å². The third kappa shape index (κ3) is 5.85. The fourth-order valence-corrected chi connectivity index (χ4v) is 3.72. The van der Waals surface area contributed by atoms with Crippen LogP contribution in [0.15, 0.2) is 30.4 Å². The van der Waals surface area contributed by atoms with Gasteiger partial charge in [-0.15, -0.1) is 0 Å². The van der Waals surface area contributed by atoms with Crippen molar-refractivity contribution in [3.8, 4) is 0 Å². The van der Waals surface area contributed by atoms with Crippen LogP contribution in [0.5, 0.6) is 0 Å². The smallest absolute Gasteiger partial charge is 0.305 e. The van der Waals surface area contributed by atoms with Gasteiger partial charge in [0.1, 0.15) is 18.4 Å². The molecule has 3 atom stereocenters. The van der Waals surface area contributed by atoms with Crippen LogP contribution in [0.4, 0.5) is 5.69 Å². The molecule has 0 aromatic heterocycles. The Balaban J connectivity index is 2.18. The standard InChI is InChI=1S/C21H25ClN4O6/c1-11(2)18(25-20(31)17-13(22)5-3-6-14(17)23)21(32)26-8-4-7-15(26)19(30)24-12(10-27)9-16(28)29/h3,5-6,10,12,15,18H,1,4,7-9,23H2,2H3,(H,24,30)(H,25,31)(H,28,29)/t12-,15-,18-/m0/s1. The van der Waals surface area contributed by atoms with Gasteiger partial charge in [0, 0.05) is 12.2 Å². The molecular formula is C21H25ClN4O6. The molecule has 1 aromatic rings. The first kappa shape index (κ1) is 24.9. The number of benzene rings is 1. The molecule has 0 saturated carbocycles. The normalized spacial score (nSPS) is 17.2. The number of nitrogens with two attached hydrogens (primary N) is 1. The van der Waals surface area contributed by atoms with Crippen LogP contribution in [0, 0.1) is 0 Å². The summed E-state index contributed by atoms with van der Waals surface area (Å²) in [5.41, 5.74) is 6.33. The van der Waals surface area contributed by atoms with Gasteiger partial charge in [0.15, 0.2) is 0 Å². The number of nitrogens with one attached hydrogen (secondary N) is 2. The van der Waals surface area contributed by atoms with E-state index < -0.39 is 48.2 Å². The predicted molar refractivity (Wildman–Crippen MR) is 117 cm³/mol. The minimum atomic E-state index is -1.24. The van der Waals surface area contributed by atoms with E-state index in [0.29, 0.717) is 24.7 Å². The van der Waals surface area contributed by atoms with Crippen molar-refractivity contribution in [1.82, 2.24) is 15.5 Å². The highest BCUT2D eigenvalue weighted by atomic mass is 35.5. The maximum absolute atomic E-state index is 13.2. The van der Waals surface area contributed by atoms with E-state index in [1.165, 1.54) is 17.0 Å². The van der Waals surface area contributed by atoms with Gasteiger partial charge >= 0.3 is 5.97 Å². The number of nitrogens with zero attached hydrogens (tertiary/aromatic N) is 1. The van der Waals surface area contributed by atoms with Crippen molar-refractivity contribution in [2.45, 2.75) is 44.3 Å². The molecule has 0 radical (unpaired) electrons. The number of halogens is 1. The van der Waals surface area contributed by atoms with Gasteiger partial charge < -0.3 is 31.2 Å². The van der Waals surface area contributed by atoms with Crippen LogP contribution >= 0.6 is 11.6 Å². The molecule has 1 aliphatic rings. The summed E-state index contributed by atoms with van der Waals surface area (Å²) in [5, 5.41) is 13.9. The van der Waals surface area contributed by atoms with Crippen LogP contribution in [0.25, 0.3) is 0 Å². The van der Waals surface area contributed by atoms with Crippen LogP contribution in [0.1, 0.15) is 36.5 Å². The molecule has 0 bridgehead atoms. The van der Waals surface area contributed by atoms with Gasteiger partial charge in [0.2, 0.25) is 11.8 Å². The van der Waals surface area contributed by atoms with Crippen molar-refractivity contribution < 1.29 is 29.1 Å². The van der Waals surface area contributed by atoms with Crippen molar-refractivity contribution in [2.75, 3.05) is 12.3 Å². The molecule has 0 unspecified atom stereocenters. The van der Waals surface area contributed by atoms with E-state index in [0.717, 1.165) is 0 Å². The number of nitrogen functional groups attached to an aromatic ring is 1. The number of likely N-dealkylation sites (tertiary alicyclic amines) is 1. The lowest BCUT2D eigenvalue weighted by Gasteiger charge is -2.29. The van der Waals surface area contributed by atoms with Crippen LogP contribution in [0.2, 0.25) is 5.02 Å². The largest absolute Gasteiger partial charge is 0.481 e. The molecule has 1 aromatic carbocycles. The van der Waals surface area contributed by atoms with E-state index in [2.05, 4.69) is 17.2 Å². The van der Waals surface area contributed by atoms with E-state index in [1.54, 1.807) is 13.0 Å². The van der Waals surface area contributed by atoms with Gasteiger partial charge in [0.05, 0.1) is 23.0 Å². The molecule has 1 saturated heterocycles. The van der Waals surface area contributed by atoms with Gasteiger partial charge in [0.25, 0.3) is 5.91 Å². The summed E-state index contributed by atoms with van der Waals surface area (Å²) in [6.45, 7) is 5.57. The molecule has 2 rings (SSSR count). The van der Waals surface area contributed by atoms with E-state index in [-0.39, 0.29) is 22.8 Å². The second kappa shape index (κ2) is 10.8. The predicted octanol–water partition coefficient (Wildman–Crippen LogP) is 0.746. The number of amides is 3. The molecule has 1 fully saturated rings. The summed E-state index contributed by atoms with van der Waals surface area (Å²) in [7, 11) is 0. The third-order valence-corrected chi connectivity index (χ3v) is 5.33. The third-order valence-electron chi connectivity index (χ3n) is 5.01. The van der Waals surface area contributed by atoms with Crippen molar-refractivity contribution >= 4 is 47.3 Å². The fourth-order valence-electron chi connectivity index (χ4n) is 3.45. The van der Waals surface area contributed by atoms with Gasteiger partial charge in [-0.3, -0.25) is 19.2 Å². The molecule has 11 heteroatoms. The van der Waals surface area contributed by atoms with E-state index in [1.807, 2.05) is 0 Å². The number of anilines is 1. The van der Waals surface area contributed by atoms with Crippen LogP contribution in [-0.2, 0) is 19.2 Å². The Labute approximate surface area is 189 Å². The Hall–Kier alpha value is -3.40. The van der Waals surface area contributed by atoms with Crippen molar-refractivity contribution in [1.29, 1.82) is 0 Å². The van der Waals surface area contributed by atoms with Gasteiger partial charge in [-0.05, 0) is 37.5 Å². The molecule has 1 aliphatic heterocycles. The lowest BCUT2D eigenvalue weighted by atomic mass is 10.1. The van der Waals surface area contributed by atoms with Gasteiger partial charge in [-0.25, -0.2) is 0 Å². The molecule has 5 N–H and O–H groups in total. The van der Waals surface area contributed by atoms with Crippen LogP contribution in [-0.4, -0.2) is 64.7 Å². The van der Waals surface area contributed by atoms with Crippen LogP contribution < -0.4 is 16.4 Å². The Kier molecular flexibility index (Phi) is 8.36. The SMILES string of the molecule is C=C(C)[C@H](NC(=O)c1c(N)cccc1Cl)C(=O)N1CCC[C@H]1C(=O)N[C@H](C=O)CC(=O)O. The first-order valence-corrected chi connectivity index (χ1v) is 10.2. The van der Waals surface area contributed by atoms with Crippen LogP contribution in [0.3, 0.4) is 0 Å². The second-order valence-corrected chi connectivity index (χ2v) is 7.90. The molecule has 10 nitrogen and oxygen atoms in total. The molecule has 1 heterocycles. The fraction of sp³-hybridized carbons (Fsp3) is 0.381. The number of carbonyl (C=O) groups is 5. The average molecular weight is 465 g/mol. The van der Waals surface area contributed by atoms with E-state index in [4.69, 9.17) is 22.4 Å². The van der Waals surface area contributed by atoms with Crippen molar-refractivity contribution in [2.24, 2.45) is 0 Å². The first-order chi connectivity index (χ1) is 15.1. The first-order valence-electron chi connectivity index (χ1n) is 9.85. The number of carboxylic acid groups (broad SMARTS) is 1. The summed E-state index contributed by atoms with van der Waals surface area (Å²) in [5.74, 6) is -3.12. The summed E-state index contributed by atoms with van der Waals surface area (Å²) in [6.07, 6.45) is 0.602. The quantitative estimate of drug-likeness (QED) is 0.238. The Morgan fingerprint density at radius 2 is 2.03 bits per heavy atom. The van der Waals surface area contributed by atoms with Gasteiger partial charge in [-0.1, -0.05) is 24.2 Å². The summed E-state index contributed by atoms with van der Waals surface area (Å²) in [4.78, 5) is 61.8. The lowest BCUT2D eigenvalue weighted by molar-refractivity contribution is -0.141. The molecule has 32 heavy (non-hydrogen) atoms. The lowest BCUT2D eigenvalue weighted by Crippen LogP contribution is -2.55. The Bertz CT molecular complexity index is 930. The minimum absolute atomic E-state index is 0.0198. The molecule has 3 amide bonds. The molecule has 0 spiro atoms. The maximum Gasteiger partial charge on any atom is 0.305 e. The number of carboxylic acids is 1. The number of rotatable bonds is 9. The number of carbonyl (C=O) groups excluding carboxylic acids is 4. The summed E-state index contributed by atoms with van der Waals surface area (Å²) < 4.78 is 0. The second-order valence-electron chi connectivity index (χ2n) is 7.50. The molecule has 0 aliphatic carbocycles. The van der Waals surface area contributed by atoms with E-state index in [9.17, 15) is 24.0 Å². The minimum Gasteiger partial charge on any atom is -0.481 e. The van der Waals surface area contributed by atoms with Crippen molar-refractivity contribution in [3.63, 3.8) is 0 Å². The summed E-state index contributed by atoms with van der Waals surface area (Å²) >= 11 is 6.08. The molecule has 172 valence electrons. The topological polar surface area (TPSA) is 159 Å². The zero-order valence-corrected chi connectivity index (χ0v) is 18.2. The highest BCUT2D eigenvalue weighted by Crippen LogP contribution is 2.24.